The molecule has 1 unspecified atom stereocenters. The van der Waals surface area contributed by atoms with E-state index in [-0.39, 0.29) is 0 Å². The Bertz CT molecular complexity index is 408. The molecular weight excluding hydrogens is 234 g/mol. The van der Waals surface area contributed by atoms with Gasteiger partial charge in [-0.25, -0.2) is 0 Å². The van der Waals surface area contributed by atoms with Gasteiger partial charge in [0.05, 0.1) is 6.07 Å². The standard InChI is InChI=1S/C16H25N3/c1-14(2)18-16(3,13-17)11-8-12-19(4)15-9-6-5-7-10-15/h5-7,9-10,14,18H,8,11-12H2,1-4H3. The SMILES string of the molecule is CC(C)NC(C)(C#N)CCCN(C)c1ccccc1. The van der Waals surface area contributed by atoms with Crippen LogP contribution in [0, 0.1) is 11.3 Å². The minimum Gasteiger partial charge on any atom is -0.375 e. The number of rotatable bonds is 7. The van der Waals surface area contributed by atoms with Crippen molar-refractivity contribution in [1.29, 1.82) is 5.26 Å². The van der Waals surface area contributed by atoms with Crippen LogP contribution in [0.3, 0.4) is 0 Å². The molecule has 0 heterocycles. The first kappa shape index (κ1) is 15.5. The maximum Gasteiger partial charge on any atom is 0.104 e. The van der Waals surface area contributed by atoms with Crippen LogP contribution in [0.1, 0.15) is 33.6 Å². The molecule has 0 fully saturated rings. The topological polar surface area (TPSA) is 39.1 Å². The van der Waals surface area contributed by atoms with Crippen LogP contribution in [0.2, 0.25) is 0 Å². The molecule has 1 rings (SSSR count). The summed E-state index contributed by atoms with van der Waals surface area (Å²) in [7, 11) is 2.09. The molecule has 0 bridgehead atoms. The molecule has 0 saturated heterocycles. The minimum absolute atomic E-state index is 0.330. The average molecular weight is 259 g/mol. The van der Waals surface area contributed by atoms with Gasteiger partial charge in [-0.05, 0) is 45.7 Å². The van der Waals surface area contributed by atoms with E-state index in [9.17, 15) is 5.26 Å². The van der Waals surface area contributed by atoms with E-state index < -0.39 is 5.54 Å². The molecule has 1 aromatic rings. The summed E-state index contributed by atoms with van der Waals surface area (Å²) < 4.78 is 0. The van der Waals surface area contributed by atoms with Crippen LogP contribution in [0.15, 0.2) is 30.3 Å². The number of para-hydroxylation sites is 1. The predicted octanol–water partition coefficient (Wildman–Crippen LogP) is 3.18. The smallest absolute Gasteiger partial charge is 0.104 e. The van der Waals surface area contributed by atoms with Crippen molar-refractivity contribution in [2.24, 2.45) is 0 Å². The first-order valence-electron chi connectivity index (χ1n) is 6.92. The Balaban J connectivity index is 2.43. The second-order valence-electron chi connectivity index (χ2n) is 5.60. The molecule has 104 valence electrons. The molecule has 0 amide bonds. The Kier molecular flexibility index (Phi) is 5.85. The molecule has 0 aromatic heterocycles. The van der Waals surface area contributed by atoms with Crippen molar-refractivity contribution in [2.75, 3.05) is 18.5 Å². The van der Waals surface area contributed by atoms with E-state index in [2.05, 4.69) is 49.3 Å². The lowest BCUT2D eigenvalue weighted by Crippen LogP contribution is -2.45. The fourth-order valence-corrected chi connectivity index (χ4v) is 2.28. The van der Waals surface area contributed by atoms with Crippen molar-refractivity contribution < 1.29 is 0 Å². The lowest BCUT2D eigenvalue weighted by Gasteiger charge is -2.27. The van der Waals surface area contributed by atoms with Crippen molar-refractivity contribution in [2.45, 2.75) is 45.2 Å². The summed E-state index contributed by atoms with van der Waals surface area (Å²) in [5.74, 6) is 0. The summed E-state index contributed by atoms with van der Waals surface area (Å²) in [6.07, 6.45) is 1.86. The third-order valence-corrected chi connectivity index (χ3v) is 3.22. The summed E-state index contributed by atoms with van der Waals surface area (Å²) in [4.78, 5) is 2.23. The summed E-state index contributed by atoms with van der Waals surface area (Å²) in [5.41, 5.74) is 0.795. The lowest BCUT2D eigenvalue weighted by atomic mass is 9.96. The normalized spacial score (nSPS) is 13.9. The molecule has 3 nitrogen and oxygen atoms in total. The number of nitriles is 1. The monoisotopic (exact) mass is 259 g/mol. The van der Waals surface area contributed by atoms with E-state index >= 15 is 0 Å². The average Bonchev–Trinajstić information content (AvgIpc) is 2.38. The number of nitrogens with one attached hydrogen (secondary N) is 1. The summed E-state index contributed by atoms with van der Waals surface area (Å²) >= 11 is 0. The Morgan fingerprint density at radius 1 is 1.32 bits per heavy atom. The second-order valence-corrected chi connectivity index (χ2v) is 5.60. The molecule has 0 aliphatic heterocycles. The number of nitrogens with zero attached hydrogens (tertiary/aromatic N) is 2. The number of benzene rings is 1. The Morgan fingerprint density at radius 2 is 1.95 bits per heavy atom. The van der Waals surface area contributed by atoms with Gasteiger partial charge in [0, 0.05) is 25.3 Å². The maximum absolute atomic E-state index is 9.29. The third-order valence-electron chi connectivity index (χ3n) is 3.22. The van der Waals surface area contributed by atoms with Gasteiger partial charge < -0.3 is 4.90 Å². The molecule has 1 atom stereocenters. The predicted molar refractivity (Wildman–Crippen MR) is 81.2 cm³/mol. The Hall–Kier alpha value is -1.53. The van der Waals surface area contributed by atoms with Gasteiger partial charge in [-0.2, -0.15) is 5.26 Å². The quantitative estimate of drug-likeness (QED) is 0.817. The van der Waals surface area contributed by atoms with Crippen LogP contribution < -0.4 is 10.2 Å². The van der Waals surface area contributed by atoms with Crippen LogP contribution in [-0.4, -0.2) is 25.2 Å². The molecule has 3 heteroatoms. The fraction of sp³-hybridized carbons (Fsp3) is 0.562. The highest BCUT2D eigenvalue weighted by molar-refractivity contribution is 5.44. The molecule has 0 spiro atoms. The molecule has 0 aliphatic rings. The molecule has 0 radical (unpaired) electrons. The summed E-state index contributed by atoms with van der Waals surface area (Å²) in [6.45, 7) is 7.09. The molecule has 19 heavy (non-hydrogen) atoms. The first-order chi connectivity index (χ1) is 8.97. The highest BCUT2D eigenvalue weighted by Crippen LogP contribution is 2.16. The van der Waals surface area contributed by atoms with Crippen molar-refractivity contribution >= 4 is 5.69 Å². The van der Waals surface area contributed by atoms with E-state index in [0.29, 0.717) is 6.04 Å². The number of hydrogen-bond donors (Lipinski definition) is 1. The maximum atomic E-state index is 9.29. The van der Waals surface area contributed by atoms with Gasteiger partial charge in [-0.1, -0.05) is 18.2 Å². The van der Waals surface area contributed by atoms with Gasteiger partial charge in [-0.15, -0.1) is 0 Å². The Labute approximate surface area is 117 Å². The van der Waals surface area contributed by atoms with Crippen molar-refractivity contribution in [3.63, 3.8) is 0 Å². The van der Waals surface area contributed by atoms with E-state index in [1.165, 1.54) is 5.69 Å². The van der Waals surface area contributed by atoms with Crippen LogP contribution in [0.4, 0.5) is 5.69 Å². The highest BCUT2D eigenvalue weighted by Gasteiger charge is 2.23. The van der Waals surface area contributed by atoms with Gasteiger partial charge in [0.25, 0.3) is 0 Å². The molecule has 1 aromatic carbocycles. The molecular formula is C16H25N3. The molecule has 0 aliphatic carbocycles. The van der Waals surface area contributed by atoms with Crippen LogP contribution >= 0.6 is 0 Å². The third kappa shape index (κ3) is 5.32. The zero-order valence-electron chi connectivity index (χ0n) is 12.5. The van der Waals surface area contributed by atoms with Crippen LogP contribution in [0.5, 0.6) is 0 Å². The van der Waals surface area contributed by atoms with Crippen molar-refractivity contribution in [3.05, 3.63) is 30.3 Å². The van der Waals surface area contributed by atoms with Gasteiger partial charge in [0.2, 0.25) is 0 Å². The first-order valence-corrected chi connectivity index (χ1v) is 6.92. The van der Waals surface area contributed by atoms with Crippen molar-refractivity contribution in [3.8, 4) is 6.07 Å². The zero-order valence-corrected chi connectivity index (χ0v) is 12.5. The molecule has 0 saturated carbocycles. The summed E-state index contributed by atoms with van der Waals surface area (Å²) in [5, 5.41) is 12.6. The zero-order chi connectivity index (χ0) is 14.3. The van der Waals surface area contributed by atoms with Gasteiger partial charge in [0.15, 0.2) is 0 Å². The van der Waals surface area contributed by atoms with E-state index in [1.807, 2.05) is 25.1 Å². The molecule has 1 N–H and O–H groups in total. The second kappa shape index (κ2) is 7.16. The Morgan fingerprint density at radius 3 is 2.47 bits per heavy atom. The van der Waals surface area contributed by atoms with E-state index in [1.54, 1.807) is 0 Å². The van der Waals surface area contributed by atoms with Gasteiger partial charge >= 0.3 is 0 Å². The van der Waals surface area contributed by atoms with Crippen molar-refractivity contribution in [1.82, 2.24) is 5.32 Å². The number of hydrogen-bond acceptors (Lipinski definition) is 3. The van der Waals surface area contributed by atoms with E-state index in [4.69, 9.17) is 0 Å². The van der Waals surface area contributed by atoms with Gasteiger partial charge in [0.1, 0.15) is 5.54 Å². The van der Waals surface area contributed by atoms with Gasteiger partial charge in [-0.3, -0.25) is 5.32 Å². The van der Waals surface area contributed by atoms with Crippen LogP contribution in [0.25, 0.3) is 0 Å². The van der Waals surface area contributed by atoms with Crippen LogP contribution in [-0.2, 0) is 0 Å². The summed E-state index contributed by atoms with van der Waals surface area (Å²) in [6, 6.07) is 13.1. The minimum atomic E-state index is -0.425. The van der Waals surface area contributed by atoms with E-state index in [0.717, 1.165) is 19.4 Å². The lowest BCUT2D eigenvalue weighted by molar-refractivity contribution is 0.375. The number of anilines is 1. The fourth-order valence-electron chi connectivity index (χ4n) is 2.28. The highest BCUT2D eigenvalue weighted by atomic mass is 15.1. The largest absolute Gasteiger partial charge is 0.375 e.